The molecule has 2 aliphatic carbocycles. The molecule has 1 N–H and O–H groups in total. The van der Waals surface area contributed by atoms with E-state index in [9.17, 15) is 13.2 Å². The number of alkyl halides is 3. The van der Waals surface area contributed by atoms with Crippen molar-refractivity contribution in [3.8, 4) is 0 Å². The smallest absolute Gasteiger partial charge is 0.308 e. The lowest BCUT2D eigenvalue weighted by atomic mass is 9.67. The molecule has 0 amide bonds. The van der Waals surface area contributed by atoms with Crippen molar-refractivity contribution in [2.75, 3.05) is 13.1 Å². The first kappa shape index (κ1) is 13.2. The Kier molecular flexibility index (Phi) is 4.34. The molecule has 0 radical (unpaired) electrons. The van der Waals surface area contributed by atoms with Crippen LogP contribution >= 0.6 is 0 Å². The van der Waals surface area contributed by atoms with E-state index in [2.05, 4.69) is 5.32 Å². The van der Waals surface area contributed by atoms with Gasteiger partial charge in [0.05, 0.1) is 6.54 Å². The third kappa shape index (κ3) is 4.16. The highest BCUT2D eigenvalue weighted by Gasteiger charge is 2.32. The summed E-state index contributed by atoms with van der Waals surface area (Å²) in [6.07, 6.45) is 4.78. The fraction of sp³-hybridized carbons (Fsp3) is 1.00. The number of nitrogens with one attached hydrogen (secondary N) is 1. The van der Waals surface area contributed by atoms with Crippen molar-refractivity contribution in [2.45, 2.75) is 51.1 Å². The van der Waals surface area contributed by atoms with E-state index >= 15 is 0 Å². The summed E-state index contributed by atoms with van der Waals surface area (Å²) >= 11 is 0. The van der Waals surface area contributed by atoms with E-state index in [1.807, 2.05) is 0 Å². The number of rotatable bonds is 3. The molecule has 4 heteroatoms. The molecule has 0 spiro atoms. The van der Waals surface area contributed by atoms with E-state index in [0.29, 0.717) is 12.5 Å². The molecule has 0 aromatic heterocycles. The molecule has 17 heavy (non-hydrogen) atoms. The van der Waals surface area contributed by atoms with E-state index in [1.54, 1.807) is 0 Å². The van der Waals surface area contributed by atoms with Crippen LogP contribution in [0.4, 0.5) is 13.2 Å². The Bertz CT molecular complexity index is 239. The molecular weight excluding hydrogens is 227 g/mol. The fourth-order valence-corrected chi connectivity index (χ4v) is 3.57. The molecular formula is C13H22F3N. The predicted octanol–water partition coefficient (Wildman–Crippen LogP) is 3.74. The summed E-state index contributed by atoms with van der Waals surface area (Å²) in [5.41, 5.74) is 0. The van der Waals surface area contributed by atoms with Crippen molar-refractivity contribution in [3.05, 3.63) is 0 Å². The van der Waals surface area contributed by atoms with Gasteiger partial charge in [0.1, 0.15) is 0 Å². The molecule has 3 atom stereocenters. The number of halogens is 3. The summed E-state index contributed by atoms with van der Waals surface area (Å²) in [6, 6.07) is 0. The SMILES string of the molecule is FC(F)(F)CNCC1CCC2CCCCC2C1. The van der Waals surface area contributed by atoms with Crippen LogP contribution in [0.1, 0.15) is 44.9 Å². The van der Waals surface area contributed by atoms with Gasteiger partial charge in [-0.05, 0) is 43.6 Å². The number of fused-ring (bicyclic) bond motifs is 1. The highest BCUT2D eigenvalue weighted by atomic mass is 19.4. The molecule has 2 fully saturated rings. The molecule has 0 aromatic carbocycles. The molecule has 2 saturated carbocycles. The summed E-state index contributed by atoms with van der Waals surface area (Å²) in [5.74, 6) is 2.15. The quantitative estimate of drug-likeness (QED) is 0.803. The Balaban J connectivity index is 1.69. The van der Waals surface area contributed by atoms with Gasteiger partial charge in [-0.1, -0.05) is 25.7 Å². The van der Waals surface area contributed by atoms with Crippen LogP contribution in [0.25, 0.3) is 0 Å². The standard InChI is InChI=1S/C13H22F3N/c14-13(15,16)9-17-8-10-5-6-11-3-1-2-4-12(11)7-10/h10-12,17H,1-9H2. The normalized spacial score (nSPS) is 34.4. The average Bonchev–Trinajstić information content (AvgIpc) is 2.27. The molecule has 2 rings (SSSR count). The first-order valence-electron chi connectivity index (χ1n) is 6.82. The van der Waals surface area contributed by atoms with E-state index in [4.69, 9.17) is 0 Å². The summed E-state index contributed by atoms with van der Waals surface area (Å²) in [7, 11) is 0. The number of hydrogen-bond donors (Lipinski definition) is 1. The first-order chi connectivity index (χ1) is 8.04. The molecule has 0 bridgehead atoms. The molecule has 0 heterocycles. The lowest BCUT2D eigenvalue weighted by Gasteiger charge is -2.39. The van der Waals surface area contributed by atoms with E-state index < -0.39 is 12.7 Å². The van der Waals surface area contributed by atoms with Crippen LogP contribution < -0.4 is 5.32 Å². The zero-order valence-corrected chi connectivity index (χ0v) is 10.2. The zero-order chi connectivity index (χ0) is 12.3. The van der Waals surface area contributed by atoms with Gasteiger partial charge in [0.2, 0.25) is 0 Å². The fourth-order valence-electron chi connectivity index (χ4n) is 3.57. The van der Waals surface area contributed by atoms with Crippen LogP contribution in [0.2, 0.25) is 0 Å². The first-order valence-corrected chi connectivity index (χ1v) is 6.82. The Labute approximate surface area is 101 Å². The monoisotopic (exact) mass is 249 g/mol. The van der Waals surface area contributed by atoms with Crippen molar-refractivity contribution in [1.82, 2.24) is 5.32 Å². The van der Waals surface area contributed by atoms with Crippen LogP contribution in [0, 0.1) is 17.8 Å². The predicted molar refractivity (Wildman–Crippen MR) is 61.7 cm³/mol. The minimum Gasteiger partial charge on any atom is -0.308 e. The Morgan fingerprint density at radius 3 is 2.35 bits per heavy atom. The van der Waals surface area contributed by atoms with Gasteiger partial charge in [0.15, 0.2) is 0 Å². The second kappa shape index (κ2) is 5.59. The molecule has 1 nitrogen and oxygen atoms in total. The van der Waals surface area contributed by atoms with Crippen molar-refractivity contribution in [2.24, 2.45) is 17.8 Å². The summed E-state index contributed by atoms with van der Waals surface area (Å²) in [4.78, 5) is 0. The zero-order valence-electron chi connectivity index (χ0n) is 10.2. The van der Waals surface area contributed by atoms with Gasteiger partial charge >= 0.3 is 6.18 Å². The summed E-state index contributed by atoms with van der Waals surface area (Å²) in [5, 5.41) is 2.57. The van der Waals surface area contributed by atoms with Crippen LogP contribution in [-0.4, -0.2) is 19.3 Å². The number of hydrogen-bond acceptors (Lipinski definition) is 1. The minimum atomic E-state index is -4.07. The molecule has 3 unspecified atom stereocenters. The van der Waals surface area contributed by atoms with Crippen LogP contribution in [0.15, 0.2) is 0 Å². The van der Waals surface area contributed by atoms with Gasteiger partial charge in [0.25, 0.3) is 0 Å². The molecule has 2 aliphatic rings. The van der Waals surface area contributed by atoms with Crippen LogP contribution in [0.3, 0.4) is 0 Å². The van der Waals surface area contributed by atoms with Gasteiger partial charge in [-0.15, -0.1) is 0 Å². The van der Waals surface area contributed by atoms with E-state index in [0.717, 1.165) is 24.7 Å². The van der Waals surface area contributed by atoms with Crippen LogP contribution in [-0.2, 0) is 0 Å². The largest absolute Gasteiger partial charge is 0.401 e. The average molecular weight is 249 g/mol. The molecule has 0 aliphatic heterocycles. The molecule has 100 valence electrons. The lowest BCUT2D eigenvalue weighted by Crippen LogP contribution is -2.36. The van der Waals surface area contributed by atoms with Crippen molar-refractivity contribution in [1.29, 1.82) is 0 Å². The third-order valence-corrected chi connectivity index (χ3v) is 4.41. The van der Waals surface area contributed by atoms with Gasteiger partial charge in [-0.3, -0.25) is 0 Å². The maximum Gasteiger partial charge on any atom is 0.401 e. The third-order valence-electron chi connectivity index (χ3n) is 4.41. The second-order valence-electron chi connectivity index (χ2n) is 5.73. The minimum absolute atomic E-state index is 0.469. The van der Waals surface area contributed by atoms with Gasteiger partial charge < -0.3 is 5.32 Å². The summed E-state index contributed by atoms with van der Waals surface area (Å²) in [6.45, 7) is -0.291. The maximum atomic E-state index is 12.0. The van der Waals surface area contributed by atoms with Gasteiger partial charge in [-0.25, -0.2) is 0 Å². The Morgan fingerprint density at radius 2 is 1.65 bits per heavy atom. The van der Waals surface area contributed by atoms with Crippen molar-refractivity contribution >= 4 is 0 Å². The van der Waals surface area contributed by atoms with Gasteiger partial charge in [-0.2, -0.15) is 13.2 Å². The van der Waals surface area contributed by atoms with Crippen LogP contribution in [0.5, 0.6) is 0 Å². The second-order valence-corrected chi connectivity index (χ2v) is 5.73. The van der Waals surface area contributed by atoms with E-state index in [-0.39, 0.29) is 0 Å². The maximum absolute atomic E-state index is 12.0. The topological polar surface area (TPSA) is 12.0 Å². The Hall–Kier alpha value is -0.250. The Morgan fingerprint density at radius 1 is 0.941 bits per heavy atom. The lowest BCUT2D eigenvalue weighted by molar-refractivity contribution is -0.125. The van der Waals surface area contributed by atoms with E-state index in [1.165, 1.54) is 32.1 Å². The summed E-state index contributed by atoms with van der Waals surface area (Å²) < 4.78 is 36.0. The highest BCUT2D eigenvalue weighted by Crippen LogP contribution is 2.42. The molecule has 0 saturated heterocycles. The highest BCUT2D eigenvalue weighted by molar-refractivity contribution is 4.84. The van der Waals surface area contributed by atoms with Crippen molar-refractivity contribution in [3.63, 3.8) is 0 Å². The van der Waals surface area contributed by atoms with Gasteiger partial charge in [0, 0.05) is 0 Å². The molecule has 0 aromatic rings. The van der Waals surface area contributed by atoms with Crippen molar-refractivity contribution < 1.29 is 13.2 Å².